The van der Waals surface area contributed by atoms with Crippen molar-refractivity contribution in [2.45, 2.75) is 51.5 Å². The number of amidine groups is 1. The van der Waals surface area contributed by atoms with E-state index in [4.69, 9.17) is 9.73 Å². The first-order valence-corrected chi connectivity index (χ1v) is 13.3. The first kappa shape index (κ1) is 30.1. The zero-order chi connectivity index (χ0) is 25.1. The maximum absolute atomic E-state index is 13.7. The van der Waals surface area contributed by atoms with Gasteiger partial charge in [-0.15, -0.1) is 24.8 Å². The highest BCUT2D eigenvalue weighted by atomic mass is 35.5. The molecule has 0 aromatic heterocycles. The minimum Gasteiger partial charge on any atom is -0.497 e. The molecule has 0 spiro atoms. The summed E-state index contributed by atoms with van der Waals surface area (Å²) < 4.78 is 19.0. The first-order chi connectivity index (χ1) is 17.5. The molecular formula is C30H38Cl2FN3O2. The molecule has 0 N–H and O–H groups in total. The SMILES string of the molecule is COc1ccc(C(=C2CCN(CCC3C(=O)N4CCCCC4=NC3C)CC2)c2ccc(F)cc2)cc1.Cl.Cl. The fourth-order valence-electron chi connectivity index (χ4n) is 5.85. The Labute approximate surface area is 238 Å². The zero-order valence-corrected chi connectivity index (χ0v) is 23.8. The van der Waals surface area contributed by atoms with Crippen LogP contribution in [-0.4, -0.2) is 60.9 Å². The number of carbonyl (C=O) groups excluding carboxylic acids is 1. The van der Waals surface area contributed by atoms with Crippen LogP contribution in [0.3, 0.4) is 0 Å². The largest absolute Gasteiger partial charge is 0.497 e. The average Bonchev–Trinajstić information content (AvgIpc) is 2.91. The van der Waals surface area contributed by atoms with Gasteiger partial charge in [0.15, 0.2) is 0 Å². The van der Waals surface area contributed by atoms with Crippen LogP contribution in [0.4, 0.5) is 4.39 Å². The van der Waals surface area contributed by atoms with E-state index in [-0.39, 0.29) is 48.5 Å². The first-order valence-electron chi connectivity index (χ1n) is 13.3. The van der Waals surface area contributed by atoms with Crippen molar-refractivity contribution < 1.29 is 13.9 Å². The number of nitrogens with zero attached hydrogens (tertiary/aromatic N) is 3. The van der Waals surface area contributed by atoms with Gasteiger partial charge in [-0.1, -0.05) is 29.8 Å². The van der Waals surface area contributed by atoms with E-state index < -0.39 is 0 Å². The molecule has 2 aromatic rings. The summed E-state index contributed by atoms with van der Waals surface area (Å²) in [6.45, 7) is 5.77. The fourth-order valence-corrected chi connectivity index (χ4v) is 5.85. The van der Waals surface area contributed by atoms with Crippen LogP contribution in [0.2, 0.25) is 0 Å². The third-order valence-corrected chi connectivity index (χ3v) is 7.94. The number of halogens is 3. The van der Waals surface area contributed by atoms with Gasteiger partial charge in [0.25, 0.3) is 0 Å². The van der Waals surface area contributed by atoms with Crippen molar-refractivity contribution in [1.82, 2.24) is 9.80 Å². The Kier molecular flexibility index (Phi) is 10.8. The van der Waals surface area contributed by atoms with Gasteiger partial charge in [-0.05, 0) is 86.5 Å². The lowest BCUT2D eigenvalue weighted by atomic mass is 9.88. The van der Waals surface area contributed by atoms with Crippen molar-refractivity contribution in [1.29, 1.82) is 0 Å². The molecule has 2 saturated heterocycles. The Bertz CT molecular complexity index is 1140. The molecule has 3 aliphatic heterocycles. The predicted octanol–water partition coefficient (Wildman–Crippen LogP) is 6.40. The van der Waals surface area contributed by atoms with E-state index in [0.29, 0.717) is 0 Å². The van der Waals surface area contributed by atoms with E-state index >= 15 is 0 Å². The van der Waals surface area contributed by atoms with Gasteiger partial charge in [-0.25, -0.2) is 4.39 Å². The number of amides is 1. The van der Waals surface area contributed by atoms with Gasteiger partial charge in [-0.2, -0.15) is 0 Å². The molecule has 8 heteroatoms. The molecule has 2 atom stereocenters. The number of benzene rings is 2. The van der Waals surface area contributed by atoms with E-state index in [1.165, 1.54) is 23.3 Å². The van der Waals surface area contributed by atoms with Crippen LogP contribution in [0, 0.1) is 11.7 Å². The number of fused-ring (bicyclic) bond motifs is 1. The summed E-state index contributed by atoms with van der Waals surface area (Å²) in [5.74, 6) is 1.88. The minimum atomic E-state index is -0.222. The summed E-state index contributed by atoms with van der Waals surface area (Å²) in [7, 11) is 1.67. The lowest BCUT2D eigenvalue weighted by Gasteiger charge is -2.39. The third-order valence-electron chi connectivity index (χ3n) is 7.94. The number of methoxy groups -OCH3 is 1. The van der Waals surface area contributed by atoms with Gasteiger partial charge in [0, 0.05) is 26.1 Å². The van der Waals surface area contributed by atoms with Gasteiger partial charge in [0.2, 0.25) is 5.91 Å². The maximum atomic E-state index is 13.7. The fraction of sp³-hybridized carbons (Fsp3) is 0.467. The smallest absolute Gasteiger partial charge is 0.233 e. The van der Waals surface area contributed by atoms with E-state index in [2.05, 4.69) is 24.0 Å². The third kappa shape index (κ3) is 6.59. The van der Waals surface area contributed by atoms with Crippen LogP contribution in [0.15, 0.2) is 59.1 Å². The van der Waals surface area contributed by atoms with Crippen molar-refractivity contribution in [3.8, 4) is 5.75 Å². The van der Waals surface area contributed by atoms with Crippen LogP contribution in [-0.2, 0) is 4.79 Å². The molecular weight excluding hydrogens is 524 g/mol. The number of ether oxygens (including phenoxy) is 1. The molecule has 0 bridgehead atoms. The van der Waals surface area contributed by atoms with Crippen molar-refractivity contribution in [3.05, 3.63) is 71.0 Å². The summed E-state index contributed by atoms with van der Waals surface area (Å²) in [4.78, 5) is 22.5. The topological polar surface area (TPSA) is 45.1 Å². The van der Waals surface area contributed by atoms with Gasteiger partial charge in [0.05, 0.1) is 19.1 Å². The van der Waals surface area contributed by atoms with E-state index in [9.17, 15) is 9.18 Å². The second kappa shape index (κ2) is 13.6. The molecule has 5 nitrogen and oxygen atoms in total. The Morgan fingerprint density at radius 3 is 2.21 bits per heavy atom. The van der Waals surface area contributed by atoms with E-state index in [1.807, 2.05) is 29.2 Å². The highest BCUT2D eigenvalue weighted by molar-refractivity contribution is 6.01. The van der Waals surface area contributed by atoms with Crippen molar-refractivity contribution in [2.24, 2.45) is 10.9 Å². The van der Waals surface area contributed by atoms with Crippen LogP contribution in [0.25, 0.3) is 5.57 Å². The zero-order valence-electron chi connectivity index (χ0n) is 22.2. The number of hydrogen-bond donors (Lipinski definition) is 0. The van der Waals surface area contributed by atoms with Crippen molar-refractivity contribution >= 4 is 42.1 Å². The summed E-state index contributed by atoms with van der Waals surface area (Å²) >= 11 is 0. The standard InChI is InChI=1S/C30H36FN3O2.2ClH/c1-21-27(30(35)34-17-4-3-5-28(34)32-21)16-20-33-18-14-24(15-19-33)29(22-6-10-25(31)11-7-22)23-8-12-26(36-2)13-9-23;;/h6-13,21,27H,3-5,14-20H2,1-2H3;2*1H. The Hall–Kier alpha value is -2.41. The number of likely N-dealkylation sites (tertiary alicyclic amines) is 1. The molecule has 0 saturated carbocycles. The number of hydrogen-bond acceptors (Lipinski definition) is 4. The molecule has 5 rings (SSSR count). The monoisotopic (exact) mass is 561 g/mol. The van der Waals surface area contributed by atoms with E-state index in [1.54, 1.807) is 7.11 Å². The molecule has 0 radical (unpaired) electrons. The number of carbonyl (C=O) groups is 1. The second-order valence-electron chi connectivity index (χ2n) is 10.2. The molecule has 3 aliphatic rings. The minimum absolute atomic E-state index is 0. The van der Waals surface area contributed by atoms with Crippen LogP contribution in [0.5, 0.6) is 5.75 Å². The Morgan fingerprint density at radius 2 is 1.58 bits per heavy atom. The molecule has 2 fully saturated rings. The maximum Gasteiger partial charge on any atom is 0.233 e. The summed E-state index contributed by atoms with van der Waals surface area (Å²) in [6.07, 6.45) is 5.94. The van der Waals surface area contributed by atoms with Gasteiger partial charge >= 0.3 is 0 Å². The Morgan fingerprint density at radius 1 is 0.947 bits per heavy atom. The molecule has 38 heavy (non-hydrogen) atoms. The molecule has 2 aromatic carbocycles. The van der Waals surface area contributed by atoms with Gasteiger partial charge < -0.3 is 14.5 Å². The van der Waals surface area contributed by atoms with Crippen LogP contribution < -0.4 is 4.74 Å². The summed E-state index contributed by atoms with van der Waals surface area (Å²) in [5, 5.41) is 0. The molecule has 3 heterocycles. The molecule has 2 unspecified atom stereocenters. The van der Waals surface area contributed by atoms with E-state index in [0.717, 1.165) is 87.4 Å². The predicted molar refractivity (Wildman–Crippen MR) is 156 cm³/mol. The van der Waals surface area contributed by atoms with Gasteiger partial charge in [0.1, 0.15) is 17.4 Å². The Balaban J connectivity index is 0.00000200. The normalized spacial score (nSPS) is 21.6. The van der Waals surface area contributed by atoms with Crippen LogP contribution in [0.1, 0.15) is 56.6 Å². The second-order valence-corrected chi connectivity index (χ2v) is 10.2. The number of aliphatic imine (C=N–C) groups is 1. The average molecular weight is 563 g/mol. The number of rotatable bonds is 6. The quantitative estimate of drug-likeness (QED) is 0.410. The molecule has 0 aliphatic carbocycles. The molecule has 1 amide bonds. The highest BCUT2D eigenvalue weighted by Gasteiger charge is 2.37. The van der Waals surface area contributed by atoms with Crippen LogP contribution >= 0.6 is 24.8 Å². The molecule has 206 valence electrons. The summed E-state index contributed by atoms with van der Waals surface area (Å²) in [5.41, 5.74) is 4.76. The lowest BCUT2D eigenvalue weighted by molar-refractivity contribution is -0.133. The van der Waals surface area contributed by atoms with Gasteiger partial charge in [-0.3, -0.25) is 9.79 Å². The van der Waals surface area contributed by atoms with Crippen molar-refractivity contribution in [2.75, 3.05) is 33.3 Å². The lowest BCUT2D eigenvalue weighted by Crippen LogP contribution is -2.51. The highest BCUT2D eigenvalue weighted by Crippen LogP contribution is 2.34. The number of piperidine rings is 2. The summed E-state index contributed by atoms with van der Waals surface area (Å²) in [6, 6.07) is 15.0. The van der Waals surface area contributed by atoms with Crippen molar-refractivity contribution in [3.63, 3.8) is 0 Å².